The van der Waals surface area contributed by atoms with Gasteiger partial charge in [0.1, 0.15) is 18.1 Å². The zero-order chi connectivity index (χ0) is 24.4. The third-order valence-corrected chi connectivity index (χ3v) is 6.47. The Labute approximate surface area is 206 Å². The highest BCUT2D eigenvalue weighted by atomic mass is 79.9. The average Bonchev–Trinajstić information content (AvgIpc) is 3.35. The fraction of sp³-hybridized carbons (Fsp3) is 0.0833. The van der Waals surface area contributed by atoms with Gasteiger partial charge in [0.15, 0.2) is 0 Å². The Bertz CT molecular complexity index is 1350. The number of hydrogen-bond acceptors (Lipinski definition) is 6. The number of nitrogens with one attached hydrogen (secondary N) is 1. The number of imide groups is 1. The van der Waals surface area contributed by atoms with E-state index in [0.717, 1.165) is 9.37 Å². The van der Waals surface area contributed by atoms with Gasteiger partial charge in [-0.15, -0.1) is 0 Å². The Morgan fingerprint density at radius 2 is 1.85 bits per heavy atom. The van der Waals surface area contributed by atoms with Crippen LogP contribution in [-0.2, 0) is 9.59 Å². The fourth-order valence-corrected chi connectivity index (χ4v) is 4.43. The van der Waals surface area contributed by atoms with E-state index in [1.807, 2.05) is 0 Å². The van der Waals surface area contributed by atoms with Crippen LogP contribution in [0.2, 0.25) is 0 Å². The normalized spacial score (nSPS) is 14.6. The number of halogens is 1. The second kappa shape index (κ2) is 9.70. The number of carboxylic acids is 1. The SMILES string of the molecule is Cc1c(C(=O)O)cccc1-c1ccc(/C=C2\SC(=O)N(CC(=O)Nc3ccc(Br)cc3)C2=O)o1. The predicted octanol–water partition coefficient (Wildman–Crippen LogP) is 5.39. The van der Waals surface area contributed by atoms with E-state index >= 15 is 0 Å². The van der Waals surface area contributed by atoms with Gasteiger partial charge in [-0.05, 0) is 66.7 Å². The number of carbonyl (C=O) groups excluding carboxylic acids is 3. The van der Waals surface area contributed by atoms with E-state index in [2.05, 4.69) is 21.2 Å². The molecule has 1 aliphatic rings. The summed E-state index contributed by atoms with van der Waals surface area (Å²) in [6.45, 7) is 1.27. The molecule has 0 saturated carbocycles. The highest BCUT2D eigenvalue weighted by Crippen LogP contribution is 2.34. The van der Waals surface area contributed by atoms with Gasteiger partial charge < -0.3 is 14.8 Å². The molecular formula is C24H17BrN2O6S. The minimum Gasteiger partial charge on any atom is -0.478 e. The first-order valence-electron chi connectivity index (χ1n) is 9.97. The highest BCUT2D eigenvalue weighted by Gasteiger charge is 2.36. The predicted molar refractivity (Wildman–Crippen MR) is 131 cm³/mol. The molecule has 0 unspecified atom stereocenters. The van der Waals surface area contributed by atoms with Crippen LogP contribution >= 0.6 is 27.7 Å². The molecule has 10 heteroatoms. The second-order valence-electron chi connectivity index (χ2n) is 7.31. The van der Waals surface area contributed by atoms with Gasteiger partial charge in [-0.1, -0.05) is 28.1 Å². The number of rotatable bonds is 6. The summed E-state index contributed by atoms with van der Waals surface area (Å²) in [6, 6.07) is 15.1. The monoisotopic (exact) mass is 540 g/mol. The maximum absolute atomic E-state index is 12.7. The number of benzene rings is 2. The van der Waals surface area contributed by atoms with Crippen LogP contribution in [0, 0.1) is 6.92 Å². The van der Waals surface area contributed by atoms with Crippen molar-refractivity contribution >= 4 is 62.5 Å². The lowest BCUT2D eigenvalue weighted by Gasteiger charge is -2.12. The van der Waals surface area contributed by atoms with Crippen molar-refractivity contribution in [3.63, 3.8) is 0 Å². The van der Waals surface area contributed by atoms with Crippen LogP contribution in [0.5, 0.6) is 0 Å². The molecule has 0 radical (unpaired) electrons. The molecule has 0 atom stereocenters. The van der Waals surface area contributed by atoms with Crippen LogP contribution in [-0.4, -0.2) is 39.6 Å². The van der Waals surface area contributed by atoms with Crippen molar-refractivity contribution < 1.29 is 28.7 Å². The van der Waals surface area contributed by atoms with E-state index in [0.29, 0.717) is 40.1 Å². The van der Waals surface area contributed by atoms with Crippen molar-refractivity contribution in [2.45, 2.75) is 6.92 Å². The standard InChI is InChI=1S/C24H17BrN2O6S/c1-13-17(3-2-4-18(13)23(30)31)19-10-9-16(33-19)11-20-22(29)27(24(32)34-20)12-21(28)26-15-7-5-14(25)6-8-15/h2-11H,12H2,1H3,(H,26,28)(H,30,31)/b20-11-. The second-order valence-corrected chi connectivity index (χ2v) is 9.22. The zero-order valence-corrected chi connectivity index (χ0v) is 20.1. The average molecular weight is 541 g/mol. The van der Waals surface area contributed by atoms with Crippen LogP contribution in [0.25, 0.3) is 17.4 Å². The Hall–Kier alpha value is -3.63. The zero-order valence-electron chi connectivity index (χ0n) is 17.7. The third kappa shape index (κ3) is 4.97. The van der Waals surface area contributed by atoms with Crippen LogP contribution in [0.1, 0.15) is 21.7 Å². The first-order chi connectivity index (χ1) is 16.2. The molecule has 1 saturated heterocycles. The molecule has 2 aromatic carbocycles. The third-order valence-electron chi connectivity index (χ3n) is 5.03. The Kier molecular flexibility index (Phi) is 6.71. The summed E-state index contributed by atoms with van der Waals surface area (Å²) in [5.41, 5.74) is 1.87. The van der Waals surface area contributed by atoms with Crippen LogP contribution in [0.15, 0.2) is 68.4 Å². The molecule has 1 fully saturated rings. The van der Waals surface area contributed by atoms with Gasteiger partial charge in [0, 0.05) is 21.8 Å². The molecular weight excluding hydrogens is 524 g/mol. The summed E-state index contributed by atoms with van der Waals surface area (Å²) in [7, 11) is 0. The summed E-state index contributed by atoms with van der Waals surface area (Å²) in [4.78, 5) is 49.8. The molecule has 8 nitrogen and oxygen atoms in total. The minimum atomic E-state index is -1.04. The van der Waals surface area contributed by atoms with Crippen molar-refractivity contribution in [2.75, 3.05) is 11.9 Å². The van der Waals surface area contributed by atoms with Gasteiger partial charge in [-0.25, -0.2) is 4.79 Å². The van der Waals surface area contributed by atoms with Crippen molar-refractivity contribution in [1.29, 1.82) is 0 Å². The van der Waals surface area contributed by atoms with E-state index in [9.17, 15) is 24.3 Å². The van der Waals surface area contributed by atoms with E-state index in [-0.39, 0.29) is 10.5 Å². The lowest BCUT2D eigenvalue weighted by Crippen LogP contribution is -2.36. The molecule has 2 N–H and O–H groups in total. The lowest BCUT2D eigenvalue weighted by molar-refractivity contribution is -0.127. The Morgan fingerprint density at radius 1 is 1.12 bits per heavy atom. The molecule has 3 aromatic rings. The van der Waals surface area contributed by atoms with Gasteiger partial charge in [-0.2, -0.15) is 0 Å². The molecule has 0 aliphatic carbocycles. The van der Waals surface area contributed by atoms with Crippen LogP contribution in [0.3, 0.4) is 0 Å². The number of hydrogen-bond donors (Lipinski definition) is 2. The molecule has 1 aliphatic heterocycles. The molecule has 34 heavy (non-hydrogen) atoms. The topological polar surface area (TPSA) is 117 Å². The van der Waals surface area contributed by atoms with E-state index in [1.54, 1.807) is 55.5 Å². The highest BCUT2D eigenvalue weighted by molar-refractivity contribution is 9.10. The summed E-state index contributed by atoms with van der Waals surface area (Å²) in [5.74, 6) is -1.38. The lowest BCUT2D eigenvalue weighted by atomic mass is 10.0. The van der Waals surface area contributed by atoms with Gasteiger partial charge >= 0.3 is 5.97 Å². The molecule has 172 valence electrons. The Balaban J connectivity index is 1.48. The molecule has 0 bridgehead atoms. The van der Waals surface area contributed by atoms with Gasteiger partial charge in [0.25, 0.3) is 11.1 Å². The van der Waals surface area contributed by atoms with Crippen LogP contribution < -0.4 is 5.32 Å². The number of aromatic carboxylic acids is 1. The Morgan fingerprint density at radius 3 is 2.56 bits per heavy atom. The number of furan rings is 1. The summed E-state index contributed by atoms with van der Waals surface area (Å²) >= 11 is 4.02. The maximum atomic E-state index is 12.7. The first-order valence-corrected chi connectivity index (χ1v) is 11.6. The molecule has 2 heterocycles. The summed E-state index contributed by atoms with van der Waals surface area (Å²) in [5, 5.41) is 11.4. The quantitative estimate of drug-likeness (QED) is 0.402. The molecule has 0 spiro atoms. The fourth-order valence-electron chi connectivity index (χ4n) is 3.35. The number of carbonyl (C=O) groups is 4. The van der Waals surface area contributed by atoms with Crippen molar-refractivity contribution in [2.24, 2.45) is 0 Å². The minimum absolute atomic E-state index is 0.123. The molecule has 4 rings (SSSR count). The summed E-state index contributed by atoms with van der Waals surface area (Å²) in [6.07, 6.45) is 1.43. The molecule has 1 aromatic heterocycles. The van der Waals surface area contributed by atoms with E-state index < -0.39 is 29.6 Å². The van der Waals surface area contributed by atoms with Crippen molar-refractivity contribution in [1.82, 2.24) is 4.90 Å². The largest absolute Gasteiger partial charge is 0.478 e. The number of anilines is 1. The number of nitrogens with zero attached hydrogens (tertiary/aromatic N) is 1. The van der Waals surface area contributed by atoms with Crippen LogP contribution in [0.4, 0.5) is 10.5 Å². The van der Waals surface area contributed by atoms with Gasteiger partial charge in [0.05, 0.1) is 10.5 Å². The van der Waals surface area contributed by atoms with E-state index in [1.165, 1.54) is 12.1 Å². The number of carboxylic acid groups (broad SMARTS) is 1. The summed E-state index contributed by atoms with van der Waals surface area (Å²) < 4.78 is 6.64. The number of amides is 3. The van der Waals surface area contributed by atoms with Crippen molar-refractivity contribution in [3.05, 3.63) is 80.9 Å². The van der Waals surface area contributed by atoms with Crippen molar-refractivity contribution in [3.8, 4) is 11.3 Å². The first kappa shape index (κ1) is 23.5. The smallest absolute Gasteiger partial charge is 0.335 e. The number of thioether (sulfide) groups is 1. The van der Waals surface area contributed by atoms with Gasteiger partial charge in [0.2, 0.25) is 5.91 Å². The van der Waals surface area contributed by atoms with Gasteiger partial charge in [-0.3, -0.25) is 19.3 Å². The maximum Gasteiger partial charge on any atom is 0.335 e. The van der Waals surface area contributed by atoms with E-state index in [4.69, 9.17) is 4.42 Å². The molecule has 3 amide bonds.